The van der Waals surface area contributed by atoms with Gasteiger partial charge in [-0.2, -0.15) is 5.10 Å². The minimum absolute atomic E-state index is 0.0564. The smallest absolute Gasteiger partial charge is 0.247 e. The summed E-state index contributed by atoms with van der Waals surface area (Å²) in [6.45, 7) is 1.99. The number of ketones is 1. The number of Topliss-reactive ketones (excluding diaryl/α,β-unsaturated/α-hetero) is 1. The van der Waals surface area contributed by atoms with Gasteiger partial charge in [-0.3, -0.25) is 19.1 Å². The predicted octanol–water partition coefficient (Wildman–Crippen LogP) is 6.08. The van der Waals surface area contributed by atoms with Crippen LogP contribution >= 0.6 is 0 Å². The van der Waals surface area contributed by atoms with Gasteiger partial charge in [0.15, 0.2) is 34.9 Å². The van der Waals surface area contributed by atoms with Crippen LogP contribution in [-0.4, -0.2) is 61.0 Å². The first-order chi connectivity index (χ1) is 23.3. The van der Waals surface area contributed by atoms with Crippen LogP contribution in [-0.2, 0) is 16.1 Å². The molecule has 1 fully saturated rings. The lowest BCUT2D eigenvalue weighted by Gasteiger charge is -2.24. The summed E-state index contributed by atoms with van der Waals surface area (Å²) >= 11 is 0. The third-order valence-electron chi connectivity index (χ3n) is 8.09. The van der Waals surface area contributed by atoms with Crippen molar-refractivity contribution in [3.63, 3.8) is 0 Å². The molecule has 6 rings (SSSR count). The Morgan fingerprint density at radius 1 is 0.878 bits per heavy atom. The summed E-state index contributed by atoms with van der Waals surface area (Å²) in [6, 6.07) is 6.23. The van der Waals surface area contributed by atoms with Gasteiger partial charge in [-0.15, -0.1) is 0 Å². The summed E-state index contributed by atoms with van der Waals surface area (Å²) in [7, 11) is 0. The number of halogens is 7. The largest absolute Gasteiger partial charge is 0.326 e. The number of alkyl halides is 1. The topological polar surface area (TPSA) is 110 Å². The molecule has 0 radical (unpaired) electrons. The Hall–Kier alpha value is -5.67. The van der Waals surface area contributed by atoms with E-state index in [4.69, 9.17) is 0 Å². The van der Waals surface area contributed by atoms with Gasteiger partial charge in [-0.25, -0.2) is 40.7 Å². The van der Waals surface area contributed by atoms with E-state index in [2.05, 4.69) is 20.4 Å². The highest BCUT2D eigenvalue weighted by Crippen LogP contribution is 2.36. The van der Waals surface area contributed by atoms with Gasteiger partial charge in [0.25, 0.3) is 0 Å². The van der Waals surface area contributed by atoms with E-state index in [9.17, 15) is 40.7 Å². The summed E-state index contributed by atoms with van der Waals surface area (Å²) in [5, 5.41) is 6.84. The number of aryl methyl sites for hydroxylation is 1. The number of nitrogens with one attached hydrogen (secondary N) is 1. The summed E-state index contributed by atoms with van der Waals surface area (Å²) < 4.78 is 101. The monoisotopic (exact) mass is 684 g/mol. The molecule has 1 N–H and O–H groups in total. The number of nitrogens with zero attached hydrogens (tertiary/aromatic N) is 5. The van der Waals surface area contributed by atoms with Crippen molar-refractivity contribution in [1.29, 1.82) is 0 Å². The van der Waals surface area contributed by atoms with E-state index in [0.29, 0.717) is 27.9 Å². The highest BCUT2D eigenvalue weighted by Gasteiger charge is 2.40. The molecule has 49 heavy (non-hydrogen) atoms. The number of carbonyl (C=O) groups excluding carboxylic acids is 3. The summed E-state index contributed by atoms with van der Waals surface area (Å²) in [5.74, 6) is -14.8. The molecule has 0 unspecified atom stereocenters. The molecule has 3 aromatic carbocycles. The van der Waals surface area contributed by atoms with E-state index >= 15 is 4.39 Å². The molecule has 9 nitrogen and oxygen atoms in total. The Bertz CT molecular complexity index is 2140. The SMILES string of the molecule is CC(=O)c1nn(CC(=O)N2C[C@H](F)C[C@H]2C(=O)Nc2cccc(-c3c(F)c(F)c(F)c(F)c3F)c2F)c2ccc(-c3cnc(C)nc3)cc12. The number of rotatable bonds is 7. The van der Waals surface area contributed by atoms with E-state index in [1.807, 2.05) is 0 Å². The molecule has 16 heteroatoms. The highest BCUT2D eigenvalue weighted by molar-refractivity contribution is 6.06. The summed E-state index contributed by atoms with van der Waals surface area (Å²) in [5.41, 5.74) is -1.53. The lowest BCUT2D eigenvalue weighted by Crippen LogP contribution is -2.44. The molecule has 1 saturated heterocycles. The minimum Gasteiger partial charge on any atom is -0.326 e. The van der Waals surface area contributed by atoms with Crippen LogP contribution < -0.4 is 5.32 Å². The first kappa shape index (κ1) is 33.2. The maximum Gasteiger partial charge on any atom is 0.247 e. The van der Waals surface area contributed by atoms with E-state index in [0.717, 1.165) is 23.1 Å². The molecular weight excluding hydrogens is 661 g/mol. The van der Waals surface area contributed by atoms with Gasteiger partial charge in [-0.05, 0) is 30.7 Å². The number of hydrogen-bond donors (Lipinski definition) is 1. The Morgan fingerprint density at radius 2 is 1.53 bits per heavy atom. The van der Waals surface area contributed by atoms with Gasteiger partial charge < -0.3 is 10.2 Å². The molecule has 252 valence electrons. The van der Waals surface area contributed by atoms with Crippen LogP contribution in [0.1, 0.15) is 29.7 Å². The Labute approximate surface area is 272 Å². The Balaban J connectivity index is 1.26. The van der Waals surface area contributed by atoms with Gasteiger partial charge in [-0.1, -0.05) is 18.2 Å². The zero-order valence-corrected chi connectivity index (χ0v) is 25.5. The van der Waals surface area contributed by atoms with Crippen LogP contribution in [0.5, 0.6) is 0 Å². The second kappa shape index (κ2) is 12.7. The number of likely N-dealkylation sites (tertiary alicyclic amines) is 1. The van der Waals surface area contributed by atoms with Crippen LogP contribution in [0, 0.1) is 41.8 Å². The van der Waals surface area contributed by atoms with Crippen LogP contribution in [0.4, 0.5) is 36.4 Å². The summed E-state index contributed by atoms with van der Waals surface area (Å²) in [6.07, 6.45) is 1.07. The van der Waals surface area contributed by atoms with Crippen LogP contribution in [0.15, 0.2) is 48.8 Å². The molecule has 2 amide bonds. The summed E-state index contributed by atoms with van der Waals surface area (Å²) in [4.78, 5) is 48.5. The minimum atomic E-state index is -2.43. The normalized spacial score (nSPS) is 16.0. The van der Waals surface area contributed by atoms with Crippen molar-refractivity contribution in [2.45, 2.75) is 39.0 Å². The van der Waals surface area contributed by atoms with Gasteiger partial charge in [0, 0.05) is 42.3 Å². The second-order valence-electron chi connectivity index (χ2n) is 11.3. The average molecular weight is 685 g/mol. The van der Waals surface area contributed by atoms with Crippen molar-refractivity contribution in [1.82, 2.24) is 24.6 Å². The van der Waals surface area contributed by atoms with Crippen molar-refractivity contribution < 1.29 is 45.1 Å². The van der Waals surface area contributed by atoms with Gasteiger partial charge in [0.2, 0.25) is 17.6 Å². The lowest BCUT2D eigenvalue weighted by atomic mass is 10.0. The molecule has 0 aliphatic carbocycles. The third kappa shape index (κ3) is 5.98. The standard InChI is InChI=1S/C33H23F7N6O3/c1-14(47)32-20-8-16(17-10-41-15(2)42-11-17)6-7-22(20)46(44-32)13-24(48)45-12-18(34)9-23(45)33(49)43-21-5-3-4-19(26(21)35)25-27(36)29(38)31(40)30(39)28(25)37/h3-8,10-11,18,23H,9,12-13H2,1-2H3,(H,43,49)/t18-,23+/m1/s1. The second-order valence-corrected chi connectivity index (χ2v) is 11.3. The van der Waals surface area contributed by atoms with E-state index in [1.54, 1.807) is 37.5 Å². The average Bonchev–Trinajstić information content (AvgIpc) is 3.65. The molecule has 0 saturated carbocycles. The van der Waals surface area contributed by atoms with Crippen LogP contribution in [0.3, 0.4) is 0 Å². The van der Waals surface area contributed by atoms with E-state index < -0.39 is 101 Å². The maximum atomic E-state index is 15.4. The number of fused-ring (bicyclic) bond motifs is 1. The molecule has 0 spiro atoms. The van der Waals surface area contributed by atoms with Crippen molar-refractivity contribution in [3.05, 3.63) is 95.2 Å². The number of anilines is 1. The van der Waals surface area contributed by atoms with Gasteiger partial charge in [0.05, 0.1) is 23.3 Å². The van der Waals surface area contributed by atoms with Crippen LogP contribution in [0.25, 0.3) is 33.2 Å². The fourth-order valence-corrected chi connectivity index (χ4v) is 5.69. The number of hydrogen-bond acceptors (Lipinski definition) is 6. The molecule has 2 aromatic heterocycles. The zero-order chi connectivity index (χ0) is 35.3. The number of amides is 2. The molecule has 1 aliphatic rings. The molecule has 1 aliphatic heterocycles. The van der Waals surface area contributed by atoms with E-state index in [-0.39, 0.29) is 5.69 Å². The molecule has 2 atom stereocenters. The van der Waals surface area contributed by atoms with Gasteiger partial charge >= 0.3 is 0 Å². The first-order valence-electron chi connectivity index (χ1n) is 14.6. The molecule has 3 heterocycles. The Morgan fingerprint density at radius 3 is 2.18 bits per heavy atom. The van der Waals surface area contributed by atoms with E-state index in [1.165, 1.54) is 11.6 Å². The third-order valence-corrected chi connectivity index (χ3v) is 8.09. The predicted molar refractivity (Wildman–Crippen MR) is 161 cm³/mol. The molecule has 5 aromatic rings. The van der Waals surface area contributed by atoms with Gasteiger partial charge in [0.1, 0.15) is 30.3 Å². The number of aromatic nitrogens is 4. The number of carbonyl (C=O) groups is 3. The maximum absolute atomic E-state index is 15.4. The first-order valence-corrected chi connectivity index (χ1v) is 14.6. The quantitative estimate of drug-likeness (QED) is 0.0963. The Kier molecular flexibility index (Phi) is 8.64. The van der Waals surface area contributed by atoms with Crippen LogP contribution in [0.2, 0.25) is 0 Å². The highest BCUT2D eigenvalue weighted by atomic mass is 19.2. The number of benzene rings is 3. The zero-order valence-electron chi connectivity index (χ0n) is 25.5. The fraction of sp³-hybridized carbons (Fsp3) is 0.212. The molecule has 0 bridgehead atoms. The van der Waals surface area contributed by atoms with Crippen molar-refractivity contribution in [2.24, 2.45) is 0 Å². The van der Waals surface area contributed by atoms with Crippen molar-refractivity contribution in [3.8, 4) is 22.3 Å². The fourth-order valence-electron chi connectivity index (χ4n) is 5.69. The van der Waals surface area contributed by atoms with Crippen molar-refractivity contribution >= 4 is 34.2 Å². The van der Waals surface area contributed by atoms with Crippen molar-refractivity contribution in [2.75, 3.05) is 11.9 Å². The lowest BCUT2D eigenvalue weighted by molar-refractivity contribution is -0.137. The molecular formula is C33H23F7N6O3.